The highest BCUT2D eigenvalue weighted by Gasteiger charge is 2.30. The molecule has 0 unspecified atom stereocenters. The van der Waals surface area contributed by atoms with Crippen molar-refractivity contribution in [3.8, 4) is 0 Å². The quantitative estimate of drug-likeness (QED) is 0.487. The first kappa shape index (κ1) is 18.9. The fraction of sp³-hybridized carbons (Fsp3) is 0.438. The van der Waals surface area contributed by atoms with E-state index in [1.807, 2.05) is 30.3 Å². The number of carbonyl (C=O) groups excluding carboxylic acids is 1. The Morgan fingerprint density at radius 1 is 1.24 bits per heavy atom. The molecule has 1 aromatic heterocycles. The van der Waals surface area contributed by atoms with Gasteiger partial charge in [-0.1, -0.05) is 30.3 Å². The monoisotopic (exact) mass is 345 g/mol. The van der Waals surface area contributed by atoms with Crippen LogP contribution in [0.1, 0.15) is 37.6 Å². The Morgan fingerprint density at radius 3 is 2.68 bits per heavy atom. The van der Waals surface area contributed by atoms with E-state index >= 15 is 0 Å². The second-order valence-corrected chi connectivity index (χ2v) is 5.63. The van der Waals surface area contributed by atoms with Gasteiger partial charge in [-0.25, -0.2) is 4.59 Å². The van der Waals surface area contributed by atoms with Crippen molar-refractivity contribution in [2.45, 2.75) is 32.6 Å². The average molecular weight is 345 g/mol. The van der Waals surface area contributed by atoms with Gasteiger partial charge in [0.05, 0.1) is 0 Å². The maximum atomic E-state index is 11.4. The second kappa shape index (κ2) is 9.80. The molecule has 134 valence electrons. The third-order valence-corrected chi connectivity index (χ3v) is 3.48. The molecule has 1 aromatic carbocycles. The highest BCUT2D eigenvalue weighted by molar-refractivity contribution is 6.45. The summed E-state index contributed by atoms with van der Waals surface area (Å²) < 4.78 is 12.1. The molecule has 0 amide bonds. The fourth-order valence-electron chi connectivity index (χ4n) is 2.29. The molecule has 0 fully saturated rings. The summed E-state index contributed by atoms with van der Waals surface area (Å²) in [5, 5.41) is 4.33. The van der Waals surface area contributed by atoms with Crippen LogP contribution in [-0.2, 0) is 20.5 Å². The third-order valence-electron chi connectivity index (χ3n) is 3.48. The van der Waals surface area contributed by atoms with Crippen LogP contribution in [0.25, 0.3) is 0 Å². The molecule has 25 heavy (non-hydrogen) atoms. The molecule has 2 rings (SSSR count). The Balaban J connectivity index is 2.04. The fourth-order valence-corrected chi connectivity index (χ4v) is 2.29. The van der Waals surface area contributed by atoms with Crippen LogP contribution in [-0.4, -0.2) is 41.0 Å². The van der Waals surface area contributed by atoms with Crippen molar-refractivity contribution in [2.24, 2.45) is 5.73 Å². The molecule has 0 saturated heterocycles. The Bertz CT molecular complexity index is 665. The Hall–Kier alpha value is -2.39. The first-order valence-corrected chi connectivity index (χ1v) is 8.34. The number of nitrogens with zero attached hydrogens (tertiary/aromatic N) is 3. The predicted octanol–water partition coefficient (Wildman–Crippen LogP) is 0.993. The summed E-state index contributed by atoms with van der Waals surface area (Å²) >= 11 is 0. The lowest BCUT2D eigenvalue weighted by molar-refractivity contribution is -0.133. The molecule has 0 spiro atoms. The van der Waals surface area contributed by atoms with Crippen LogP contribution in [0.2, 0.25) is 0 Å². The Morgan fingerprint density at radius 2 is 2.00 bits per heavy atom. The van der Waals surface area contributed by atoms with Gasteiger partial charge in [0.1, 0.15) is 0 Å². The van der Waals surface area contributed by atoms with E-state index in [-0.39, 0.29) is 5.95 Å². The minimum absolute atomic E-state index is 0.138. The van der Waals surface area contributed by atoms with E-state index in [1.54, 1.807) is 0 Å². The van der Waals surface area contributed by atoms with Crippen LogP contribution in [0, 0.1) is 0 Å². The van der Waals surface area contributed by atoms with Crippen LogP contribution >= 0.6 is 0 Å². The zero-order chi connectivity index (χ0) is 18.1. The summed E-state index contributed by atoms with van der Waals surface area (Å²) in [6, 6.07) is 9.80. The van der Waals surface area contributed by atoms with E-state index in [4.69, 9.17) is 20.8 Å². The third kappa shape index (κ3) is 6.20. The van der Waals surface area contributed by atoms with Gasteiger partial charge in [0, 0.05) is 20.0 Å². The minimum Gasteiger partial charge on any atom is -0.490 e. The largest absolute Gasteiger partial charge is 0.691 e. The number of anilines is 1. The van der Waals surface area contributed by atoms with Crippen LogP contribution in [0.3, 0.4) is 0 Å². The lowest BCUT2D eigenvalue weighted by Gasteiger charge is -2.13. The van der Waals surface area contributed by atoms with Gasteiger partial charge >= 0.3 is 7.25 Å². The number of benzene rings is 1. The molecule has 0 aliphatic rings. The SMILES string of the molecule is CC(=O)OB(OCCCCCN)n1nc(Cc2ccccc2)nc1N. The number of carbonyl (C=O) groups is 1. The summed E-state index contributed by atoms with van der Waals surface area (Å²) in [7, 11) is -1.02. The van der Waals surface area contributed by atoms with E-state index in [0.717, 1.165) is 24.8 Å². The first-order chi connectivity index (χ1) is 12.1. The zero-order valence-corrected chi connectivity index (χ0v) is 14.4. The number of aromatic nitrogens is 3. The van der Waals surface area contributed by atoms with Gasteiger partial charge in [-0.2, -0.15) is 10.1 Å². The number of unbranched alkanes of at least 4 members (excludes halogenated alkanes) is 2. The van der Waals surface area contributed by atoms with Gasteiger partial charge in [0.15, 0.2) is 5.82 Å². The molecule has 4 N–H and O–H groups in total. The van der Waals surface area contributed by atoms with Crippen molar-refractivity contribution in [3.63, 3.8) is 0 Å². The van der Waals surface area contributed by atoms with E-state index in [2.05, 4.69) is 10.1 Å². The van der Waals surface area contributed by atoms with Gasteiger partial charge in [-0.05, 0) is 31.4 Å². The number of nitrogen functional groups attached to an aromatic ring is 1. The standard InChI is InChI=1S/C16H24BN5O3/c1-13(23)25-17(24-11-7-3-6-10-18)22-16(19)20-15(21-22)12-14-8-4-2-5-9-14/h2,4-5,8-9H,3,6-7,10-12,18H2,1H3,(H2,19,20,21). The number of rotatable bonds is 10. The number of hydrogen-bond donors (Lipinski definition) is 2. The molecular weight excluding hydrogens is 321 g/mol. The molecule has 0 aliphatic heterocycles. The summed E-state index contributed by atoms with van der Waals surface area (Å²) in [6.45, 7) is 2.36. The lowest BCUT2D eigenvalue weighted by atomic mass is 10.1. The maximum absolute atomic E-state index is 11.4. The van der Waals surface area contributed by atoms with Crippen LogP contribution in [0.4, 0.5) is 5.95 Å². The van der Waals surface area contributed by atoms with Gasteiger partial charge in [-0.15, -0.1) is 0 Å². The molecule has 0 aliphatic carbocycles. The van der Waals surface area contributed by atoms with Crippen molar-refractivity contribution in [2.75, 3.05) is 18.9 Å². The normalized spacial score (nSPS) is 10.6. The van der Waals surface area contributed by atoms with E-state index in [0.29, 0.717) is 25.4 Å². The van der Waals surface area contributed by atoms with E-state index in [1.165, 1.54) is 11.5 Å². The minimum atomic E-state index is -1.02. The molecule has 8 nitrogen and oxygen atoms in total. The van der Waals surface area contributed by atoms with Crippen molar-refractivity contribution in [3.05, 3.63) is 41.7 Å². The molecule has 1 heterocycles. The van der Waals surface area contributed by atoms with Crippen molar-refractivity contribution >= 4 is 19.2 Å². The Kier molecular flexibility index (Phi) is 7.43. The summed E-state index contributed by atoms with van der Waals surface area (Å²) in [5.74, 6) is 0.193. The van der Waals surface area contributed by atoms with Crippen molar-refractivity contribution < 1.29 is 14.1 Å². The molecule has 9 heteroatoms. The molecule has 0 atom stereocenters. The average Bonchev–Trinajstić information content (AvgIpc) is 2.94. The van der Waals surface area contributed by atoms with Gasteiger partial charge in [0.2, 0.25) is 5.95 Å². The number of nitrogens with two attached hydrogens (primary N) is 2. The highest BCUT2D eigenvalue weighted by Crippen LogP contribution is 2.10. The van der Waals surface area contributed by atoms with Gasteiger partial charge in [0.25, 0.3) is 5.97 Å². The van der Waals surface area contributed by atoms with Crippen molar-refractivity contribution in [1.29, 1.82) is 0 Å². The molecule has 0 saturated carbocycles. The molecular formula is C16H24BN5O3. The van der Waals surface area contributed by atoms with Crippen molar-refractivity contribution in [1.82, 2.24) is 14.7 Å². The topological polar surface area (TPSA) is 118 Å². The second-order valence-electron chi connectivity index (χ2n) is 5.63. The maximum Gasteiger partial charge on any atom is 0.691 e. The van der Waals surface area contributed by atoms with Crippen LogP contribution in [0.15, 0.2) is 30.3 Å². The van der Waals surface area contributed by atoms with E-state index < -0.39 is 13.2 Å². The number of hydrogen-bond acceptors (Lipinski definition) is 7. The summed E-state index contributed by atoms with van der Waals surface area (Å²) in [4.78, 5) is 15.6. The lowest BCUT2D eigenvalue weighted by Crippen LogP contribution is -2.36. The zero-order valence-electron chi connectivity index (χ0n) is 14.4. The molecule has 0 bridgehead atoms. The molecule has 2 aromatic rings. The summed E-state index contributed by atoms with van der Waals surface area (Å²) in [5.41, 5.74) is 12.5. The summed E-state index contributed by atoms with van der Waals surface area (Å²) in [6.07, 6.45) is 3.20. The van der Waals surface area contributed by atoms with E-state index in [9.17, 15) is 4.79 Å². The molecule has 0 radical (unpaired) electrons. The highest BCUT2D eigenvalue weighted by atomic mass is 16.6. The first-order valence-electron chi connectivity index (χ1n) is 8.34. The van der Waals surface area contributed by atoms with Crippen LogP contribution in [0.5, 0.6) is 0 Å². The Labute approximate surface area is 147 Å². The smallest absolute Gasteiger partial charge is 0.490 e. The van der Waals surface area contributed by atoms with Gasteiger partial charge in [-0.3, -0.25) is 4.79 Å². The predicted molar refractivity (Wildman–Crippen MR) is 95.5 cm³/mol. The van der Waals surface area contributed by atoms with Crippen LogP contribution < -0.4 is 11.5 Å². The van der Waals surface area contributed by atoms with Gasteiger partial charge < -0.3 is 20.8 Å².